The Morgan fingerprint density at radius 3 is 2.62 bits per heavy atom. The molecule has 0 saturated heterocycles. The van der Waals surface area contributed by atoms with Crippen molar-refractivity contribution in [2.45, 2.75) is 38.8 Å². The van der Waals surface area contributed by atoms with Crippen molar-refractivity contribution in [3.05, 3.63) is 48.0 Å². The Morgan fingerprint density at radius 1 is 1.24 bits per heavy atom. The zero-order valence-electron chi connectivity index (χ0n) is 15.6. The molecule has 0 bridgehead atoms. The van der Waals surface area contributed by atoms with E-state index in [0.29, 0.717) is 0 Å². The molecular weight excluding hydrogens is 262 g/mol. The number of hydrogen-bond donors (Lipinski definition) is 1. The van der Waals surface area contributed by atoms with Crippen LogP contribution in [0.2, 0.25) is 0 Å². The van der Waals surface area contributed by atoms with Gasteiger partial charge >= 0.3 is 5.97 Å². The van der Waals surface area contributed by atoms with Crippen LogP contribution < -0.4 is 5.32 Å². The number of esters is 1. The van der Waals surface area contributed by atoms with E-state index in [-0.39, 0.29) is 6.42 Å². The third-order valence-electron chi connectivity index (χ3n) is 3.12. The standard InChI is InChI=1S/C18H23NO2/c1-18(2,3)21-17(20)16(19-4)12-13-9-10-14-7-5-6-8-15(14)11-13/h5-11,16,19H,12H2,1-4H3/t16-/m0/s1/i4D3. The van der Waals surface area contributed by atoms with Crippen LogP contribution in [0.15, 0.2) is 42.5 Å². The zero-order chi connectivity index (χ0) is 18.0. The summed E-state index contributed by atoms with van der Waals surface area (Å²) in [6.45, 7) is 2.85. The van der Waals surface area contributed by atoms with Crippen molar-refractivity contribution in [1.29, 1.82) is 0 Å². The predicted molar refractivity (Wildman–Crippen MR) is 86.3 cm³/mol. The molecule has 0 amide bonds. The van der Waals surface area contributed by atoms with Gasteiger partial charge in [0, 0.05) is 4.11 Å². The van der Waals surface area contributed by atoms with Crippen molar-refractivity contribution in [1.82, 2.24) is 5.32 Å². The highest BCUT2D eigenvalue weighted by atomic mass is 16.6. The van der Waals surface area contributed by atoms with Gasteiger partial charge in [-0.2, -0.15) is 0 Å². The molecule has 0 spiro atoms. The molecule has 0 aliphatic heterocycles. The predicted octanol–water partition coefficient (Wildman–Crippen LogP) is 3.31. The second-order valence-electron chi connectivity index (χ2n) is 6.12. The minimum absolute atomic E-state index is 0.248. The van der Waals surface area contributed by atoms with Gasteiger partial charge in [0.1, 0.15) is 11.6 Å². The fourth-order valence-electron chi connectivity index (χ4n) is 2.17. The molecule has 3 nitrogen and oxygen atoms in total. The van der Waals surface area contributed by atoms with Crippen LogP contribution >= 0.6 is 0 Å². The van der Waals surface area contributed by atoms with Crippen LogP contribution in [0.5, 0.6) is 0 Å². The molecule has 2 aromatic rings. The summed E-state index contributed by atoms with van der Waals surface area (Å²) in [5, 5.41) is 4.54. The molecule has 1 atom stereocenters. The molecular formula is C18H23NO2. The Morgan fingerprint density at radius 2 is 1.95 bits per heavy atom. The van der Waals surface area contributed by atoms with Gasteiger partial charge in [0.25, 0.3) is 0 Å². The smallest absolute Gasteiger partial charge is 0.323 e. The van der Waals surface area contributed by atoms with E-state index in [1.807, 2.05) is 42.5 Å². The van der Waals surface area contributed by atoms with E-state index >= 15 is 0 Å². The summed E-state index contributed by atoms with van der Waals surface area (Å²) in [5.74, 6) is -0.563. The molecule has 2 aromatic carbocycles. The van der Waals surface area contributed by atoms with Crippen LogP contribution in [0.25, 0.3) is 10.8 Å². The number of carbonyl (C=O) groups excluding carboxylic acids is 1. The molecule has 0 saturated carbocycles. The van der Waals surface area contributed by atoms with Crippen LogP contribution in [0, 0.1) is 0 Å². The van der Waals surface area contributed by atoms with E-state index in [9.17, 15) is 4.79 Å². The average molecular weight is 288 g/mol. The maximum atomic E-state index is 12.4. The molecule has 112 valence electrons. The molecule has 0 aromatic heterocycles. The Hall–Kier alpha value is -1.87. The summed E-state index contributed by atoms with van der Waals surface area (Å²) in [6, 6.07) is 12.8. The lowest BCUT2D eigenvalue weighted by Crippen LogP contribution is -2.41. The molecule has 0 unspecified atom stereocenters. The third-order valence-corrected chi connectivity index (χ3v) is 3.12. The van der Waals surface area contributed by atoms with Gasteiger partial charge in [-0.05, 0) is 50.5 Å². The third kappa shape index (κ3) is 4.30. The maximum absolute atomic E-state index is 12.4. The minimum atomic E-state index is -2.42. The Kier molecular flexibility index (Phi) is 3.51. The van der Waals surface area contributed by atoms with Gasteiger partial charge in [-0.1, -0.05) is 42.5 Å². The monoisotopic (exact) mass is 288 g/mol. The summed E-state index contributed by atoms with van der Waals surface area (Å²) in [4.78, 5) is 12.4. The van der Waals surface area contributed by atoms with E-state index in [0.717, 1.165) is 16.3 Å². The quantitative estimate of drug-likeness (QED) is 0.877. The van der Waals surface area contributed by atoms with Crippen LogP contribution in [-0.4, -0.2) is 24.6 Å². The molecule has 21 heavy (non-hydrogen) atoms. The van der Waals surface area contributed by atoms with E-state index in [4.69, 9.17) is 8.85 Å². The van der Waals surface area contributed by atoms with Crippen molar-refractivity contribution in [2.24, 2.45) is 0 Å². The Balaban J connectivity index is 2.23. The number of likely N-dealkylation sites (N-methyl/N-ethyl adjacent to an activating group) is 1. The number of carbonyl (C=O) groups is 1. The zero-order valence-corrected chi connectivity index (χ0v) is 12.6. The molecule has 0 aliphatic rings. The summed E-state index contributed by atoms with van der Waals surface area (Å²) < 4.78 is 27.5. The van der Waals surface area contributed by atoms with Gasteiger partial charge in [0.05, 0.1) is 0 Å². The van der Waals surface area contributed by atoms with Crippen molar-refractivity contribution in [2.75, 3.05) is 6.98 Å². The van der Waals surface area contributed by atoms with Crippen LogP contribution in [0.4, 0.5) is 0 Å². The van der Waals surface area contributed by atoms with E-state index in [1.165, 1.54) is 0 Å². The summed E-state index contributed by atoms with van der Waals surface area (Å²) >= 11 is 0. The molecule has 1 N–H and O–H groups in total. The number of rotatable bonds is 4. The first-order chi connectivity index (χ1) is 11.0. The average Bonchev–Trinajstić information content (AvgIpc) is 2.43. The van der Waals surface area contributed by atoms with Gasteiger partial charge < -0.3 is 10.1 Å². The maximum Gasteiger partial charge on any atom is 0.323 e. The molecule has 2 rings (SSSR count). The SMILES string of the molecule is [2H]C([2H])([2H])N[C@@H](Cc1ccc2ccccc2c1)C(=O)OC(C)(C)C. The highest BCUT2D eigenvalue weighted by Crippen LogP contribution is 2.17. The molecule has 0 aliphatic carbocycles. The van der Waals surface area contributed by atoms with Gasteiger partial charge in [0.15, 0.2) is 0 Å². The second-order valence-corrected chi connectivity index (χ2v) is 6.12. The molecule has 0 fully saturated rings. The first-order valence-electron chi connectivity index (χ1n) is 8.52. The van der Waals surface area contributed by atoms with Gasteiger partial charge in [-0.3, -0.25) is 4.79 Å². The topological polar surface area (TPSA) is 38.3 Å². The second kappa shape index (κ2) is 6.27. The highest BCUT2D eigenvalue weighted by molar-refractivity contribution is 5.83. The first kappa shape index (κ1) is 11.8. The Labute approximate surface area is 130 Å². The van der Waals surface area contributed by atoms with Gasteiger partial charge in [-0.15, -0.1) is 0 Å². The van der Waals surface area contributed by atoms with E-state index < -0.39 is 24.6 Å². The van der Waals surface area contributed by atoms with Crippen LogP contribution in [0.3, 0.4) is 0 Å². The largest absolute Gasteiger partial charge is 0.459 e. The number of ether oxygens (including phenoxy) is 1. The van der Waals surface area contributed by atoms with Crippen LogP contribution in [-0.2, 0) is 16.0 Å². The fourth-order valence-corrected chi connectivity index (χ4v) is 2.17. The highest BCUT2D eigenvalue weighted by Gasteiger charge is 2.24. The minimum Gasteiger partial charge on any atom is -0.459 e. The first-order valence-corrected chi connectivity index (χ1v) is 7.02. The number of nitrogens with one attached hydrogen (secondary N) is 1. The molecule has 0 heterocycles. The normalized spacial score (nSPS) is 15.9. The van der Waals surface area contributed by atoms with Crippen molar-refractivity contribution in [3.8, 4) is 0 Å². The lowest BCUT2D eigenvalue weighted by Gasteiger charge is -2.23. The summed E-state index contributed by atoms with van der Waals surface area (Å²) in [5.41, 5.74) is 0.205. The fraction of sp³-hybridized carbons (Fsp3) is 0.389. The van der Waals surface area contributed by atoms with Crippen molar-refractivity contribution >= 4 is 16.7 Å². The van der Waals surface area contributed by atoms with Gasteiger partial charge in [-0.25, -0.2) is 0 Å². The van der Waals surface area contributed by atoms with E-state index in [2.05, 4.69) is 5.32 Å². The number of benzene rings is 2. The number of hydrogen-bond acceptors (Lipinski definition) is 3. The Bertz CT molecular complexity index is 720. The van der Waals surface area contributed by atoms with E-state index in [1.54, 1.807) is 20.8 Å². The summed E-state index contributed by atoms with van der Waals surface area (Å²) in [7, 11) is 0. The van der Waals surface area contributed by atoms with Crippen molar-refractivity contribution in [3.63, 3.8) is 0 Å². The van der Waals surface area contributed by atoms with Crippen LogP contribution in [0.1, 0.15) is 30.4 Å². The summed E-state index contributed by atoms with van der Waals surface area (Å²) in [6.07, 6.45) is 0.248. The molecule has 3 heteroatoms. The molecule has 0 radical (unpaired) electrons. The van der Waals surface area contributed by atoms with Crippen molar-refractivity contribution < 1.29 is 13.6 Å². The lowest BCUT2D eigenvalue weighted by atomic mass is 10.0. The van der Waals surface area contributed by atoms with Gasteiger partial charge in [0.2, 0.25) is 0 Å². The number of fused-ring (bicyclic) bond motifs is 1. The lowest BCUT2D eigenvalue weighted by molar-refractivity contribution is -0.157.